The summed E-state index contributed by atoms with van der Waals surface area (Å²) in [4.78, 5) is 10.0. The number of rotatable bonds is 3. The molecule has 0 atom stereocenters. The average Bonchev–Trinajstić information content (AvgIpc) is 1.61. The molecule has 0 heterocycles. The Hall–Kier alpha value is 1.60. The van der Waals surface area contributed by atoms with Crippen LogP contribution in [0.25, 0.3) is 0 Å². The Morgan fingerprint density at radius 2 is 1.00 bits per heavy atom. The molecule has 0 saturated carbocycles. The van der Waals surface area contributed by atoms with Gasteiger partial charge in [-0.3, -0.25) is 0 Å². The first kappa shape index (κ1) is 9.60. The molecule has 0 bridgehead atoms. The molecule has 0 amide bonds. The van der Waals surface area contributed by atoms with Gasteiger partial charge in [0.15, 0.2) is 0 Å². The normalized spacial score (nSPS) is 11.2. The fourth-order valence-corrected chi connectivity index (χ4v) is 22.5. The van der Waals surface area contributed by atoms with Crippen LogP contribution in [0.15, 0.2) is 0 Å². The number of hydrogen-bond donors (Lipinski definition) is 0. The first-order valence-corrected chi connectivity index (χ1v) is 18.7. The molecular formula is C6H16Sn2. The molecule has 8 heavy (non-hydrogen) atoms. The third-order valence-electron chi connectivity index (χ3n) is 1.12. The van der Waals surface area contributed by atoms with E-state index in [9.17, 15) is 0 Å². The van der Waals surface area contributed by atoms with Crippen molar-refractivity contribution in [2.24, 2.45) is 0 Å². The van der Waals surface area contributed by atoms with E-state index in [1.165, 1.54) is 0 Å². The fraction of sp³-hybridized carbons (Fsp3) is 1.00. The summed E-state index contributed by atoms with van der Waals surface area (Å²) in [5, 5.41) is 0. The molecule has 48 valence electrons. The Balaban J connectivity index is 2.93. The summed E-state index contributed by atoms with van der Waals surface area (Å²) in [5.41, 5.74) is 0. The minimum atomic E-state index is -0.641. The topological polar surface area (TPSA) is 0 Å². The van der Waals surface area contributed by atoms with Gasteiger partial charge in [-0.1, -0.05) is 0 Å². The molecular weight excluding hydrogens is 309 g/mol. The molecule has 0 spiro atoms. The van der Waals surface area contributed by atoms with E-state index < -0.39 is 39.5 Å². The van der Waals surface area contributed by atoms with Crippen LogP contribution in [0.1, 0.15) is 0 Å². The minimum absolute atomic E-state index is 0.641. The van der Waals surface area contributed by atoms with Crippen LogP contribution in [-0.2, 0) is 0 Å². The summed E-state index contributed by atoms with van der Waals surface area (Å²) < 4.78 is 3.34. The van der Waals surface area contributed by atoms with Crippen molar-refractivity contribution in [3.63, 3.8) is 0 Å². The van der Waals surface area contributed by atoms with Crippen molar-refractivity contribution < 1.29 is 0 Å². The zero-order valence-electron chi connectivity index (χ0n) is 6.41. The van der Waals surface area contributed by atoms with E-state index >= 15 is 0 Å². The van der Waals surface area contributed by atoms with Crippen LogP contribution in [0, 0.1) is 0 Å². The SMILES string of the molecule is [CH3][Sn]([CH3])[CH2][CH2][Sn]([CH3])[CH3]. The van der Waals surface area contributed by atoms with Gasteiger partial charge in [-0.05, 0) is 0 Å². The van der Waals surface area contributed by atoms with Gasteiger partial charge in [0.1, 0.15) is 0 Å². The maximum absolute atomic E-state index is 2.51. The van der Waals surface area contributed by atoms with Crippen molar-refractivity contribution in [2.45, 2.75) is 28.6 Å². The predicted molar refractivity (Wildman–Crippen MR) is 44.6 cm³/mol. The molecule has 0 aliphatic heterocycles. The summed E-state index contributed by atoms with van der Waals surface area (Å²) in [6.07, 6.45) is 0. The second kappa shape index (κ2) is 5.39. The van der Waals surface area contributed by atoms with Gasteiger partial charge in [-0.2, -0.15) is 0 Å². The van der Waals surface area contributed by atoms with Gasteiger partial charge in [0.25, 0.3) is 0 Å². The molecule has 0 unspecified atom stereocenters. The molecule has 0 aliphatic carbocycles. The Bertz CT molecular complexity index is 42.5. The molecule has 0 saturated heterocycles. The molecule has 0 aromatic heterocycles. The molecule has 0 aromatic rings. The van der Waals surface area contributed by atoms with Gasteiger partial charge in [0, 0.05) is 0 Å². The Kier molecular flexibility index (Phi) is 6.46. The molecule has 0 aliphatic rings. The van der Waals surface area contributed by atoms with Crippen molar-refractivity contribution >= 4 is 39.5 Å². The molecule has 0 fully saturated rings. The third kappa shape index (κ3) is 7.60. The van der Waals surface area contributed by atoms with Crippen molar-refractivity contribution in [1.29, 1.82) is 0 Å². The monoisotopic (exact) mass is 328 g/mol. The summed E-state index contributed by atoms with van der Waals surface area (Å²) in [7, 11) is 0. The third-order valence-corrected chi connectivity index (χ3v) is 12.3. The quantitative estimate of drug-likeness (QED) is 0.700. The maximum atomic E-state index is 2.51. The van der Waals surface area contributed by atoms with E-state index in [0.29, 0.717) is 0 Å². The van der Waals surface area contributed by atoms with Crippen molar-refractivity contribution in [2.75, 3.05) is 0 Å². The van der Waals surface area contributed by atoms with Crippen LogP contribution in [0.5, 0.6) is 0 Å². The van der Waals surface area contributed by atoms with Crippen LogP contribution < -0.4 is 0 Å². The first-order valence-electron chi connectivity index (χ1n) is 3.21. The van der Waals surface area contributed by atoms with Gasteiger partial charge in [-0.15, -0.1) is 0 Å². The van der Waals surface area contributed by atoms with Gasteiger partial charge in [0.2, 0.25) is 0 Å². The molecule has 0 rings (SSSR count). The van der Waals surface area contributed by atoms with Gasteiger partial charge in [-0.25, -0.2) is 0 Å². The van der Waals surface area contributed by atoms with E-state index in [1.54, 1.807) is 8.87 Å². The Morgan fingerprint density at radius 3 is 1.12 bits per heavy atom. The molecule has 2 heteroatoms. The van der Waals surface area contributed by atoms with Crippen LogP contribution in [0.2, 0.25) is 28.6 Å². The zero-order chi connectivity index (χ0) is 6.57. The first-order chi connectivity index (χ1) is 3.63. The van der Waals surface area contributed by atoms with E-state index in [2.05, 4.69) is 19.8 Å². The summed E-state index contributed by atoms with van der Waals surface area (Å²) in [5.74, 6) is 0. The van der Waals surface area contributed by atoms with E-state index in [1.807, 2.05) is 0 Å². The molecule has 0 N–H and O–H groups in total. The van der Waals surface area contributed by atoms with Gasteiger partial charge >= 0.3 is 68.2 Å². The summed E-state index contributed by atoms with van der Waals surface area (Å²) in [6, 6.07) is 0. The predicted octanol–water partition coefficient (Wildman–Crippen LogP) is 2.50. The second-order valence-corrected chi connectivity index (χ2v) is 19.5. The average molecular weight is 326 g/mol. The van der Waals surface area contributed by atoms with Crippen molar-refractivity contribution in [3.8, 4) is 0 Å². The van der Waals surface area contributed by atoms with Crippen LogP contribution in [-0.4, -0.2) is 39.5 Å². The standard InChI is InChI=1S/C2H4.4CH3.2Sn/c1-2;;;;;;/h1-2H2;4*1H3;;. The van der Waals surface area contributed by atoms with Crippen molar-refractivity contribution in [1.82, 2.24) is 0 Å². The summed E-state index contributed by atoms with van der Waals surface area (Å²) in [6.45, 7) is 0. The molecule has 2 radical (unpaired) electrons. The Morgan fingerprint density at radius 1 is 0.750 bits per heavy atom. The van der Waals surface area contributed by atoms with Crippen LogP contribution in [0.4, 0.5) is 0 Å². The van der Waals surface area contributed by atoms with E-state index in [4.69, 9.17) is 0 Å². The fourth-order valence-electron chi connectivity index (χ4n) is 0.500. The summed E-state index contributed by atoms with van der Waals surface area (Å²) >= 11 is -1.28. The van der Waals surface area contributed by atoms with Gasteiger partial charge in [0.05, 0.1) is 0 Å². The van der Waals surface area contributed by atoms with Crippen LogP contribution >= 0.6 is 0 Å². The van der Waals surface area contributed by atoms with Crippen LogP contribution in [0.3, 0.4) is 0 Å². The Labute approximate surface area is 67.5 Å². The zero-order valence-corrected chi connectivity index (χ0v) is 12.1. The molecule has 0 aromatic carbocycles. The number of hydrogen-bond acceptors (Lipinski definition) is 0. The molecule has 0 nitrogen and oxygen atoms in total. The second-order valence-electron chi connectivity index (χ2n) is 2.91. The van der Waals surface area contributed by atoms with Gasteiger partial charge < -0.3 is 0 Å². The van der Waals surface area contributed by atoms with E-state index in [0.717, 1.165) is 0 Å². The van der Waals surface area contributed by atoms with Crippen molar-refractivity contribution in [3.05, 3.63) is 0 Å². The van der Waals surface area contributed by atoms with E-state index in [-0.39, 0.29) is 0 Å².